The van der Waals surface area contributed by atoms with Crippen LogP contribution in [0, 0.1) is 5.41 Å². The number of rotatable bonds is 1. The quantitative estimate of drug-likeness (QED) is 0.599. The van der Waals surface area contributed by atoms with Gasteiger partial charge < -0.3 is 12.9 Å². The second kappa shape index (κ2) is 4.80. The maximum Gasteiger partial charge on any atom is 1.00 e. The maximum absolute atomic E-state index is 12.6. The summed E-state index contributed by atoms with van der Waals surface area (Å²) in [7, 11) is 0. The summed E-state index contributed by atoms with van der Waals surface area (Å²) in [5, 5.41) is 0. The van der Waals surface area contributed by atoms with Crippen LogP contribution in [0.3, 0.4) is 0 Å². The van der Waals surface area contributed by atoms with E-state index in [0.717, 1.165) is 19.3 Å². The molecule has 0 heterocycles. The van der Waals surface area contributed by atoms with Crippen LogP contribution in [-0.2, 0) is 4.79 Å². The zero-order valence-electron chi connectivity index (χ0n) is 8.94. The average molecular weight is 244 g/mol. The number of hydrogen-bond acceptors (Lipinski definition) is 1. The smallest absolute Gasteiger partial charge is 0.449 e. The molecular formula is C9H13BF3KO. The second-order valence-electron chi connectivity index (χ2n) is 4.58. The Morgan fingerprint density at radius 2 is 1.67 bits per heavy atom. The van der Waals surface area contributed by atoms with Gasteiger partial charge in [0.15, 0.2) is 0 Å². The van der Waals surface area contributed by atoms with Gasteiger partial charge in [-0.15, -0.1) is 0 Å². The van der Waals surface area contributed by atoms with E-state index < -0.39 is 18.2 Å². The largest absolute Gasteiger partial charge is 1.00 e. The molecule has 0 amide bonds. The molecule has 6 heteroatoms. The van der Waals surface area contributed by atoms with Crippen LogP contribution in [0.2, 0.25) is 5.82 Å². The number of hydrogen-bond donors (Lipinski definition) is 0. The van der Waals surface area contributed by atoms with Crippen LogP contribution in [0.15, 0.2) is 0 Å². The van der Waals surface area contributed by atoms with E-state index in [0.29, 0.717) is 12.8 Å². The third kappa shape index (κ3) is 2.39. The summed E-state index contributed by atoms with van der Waals surface area (Å²) >= 11 is 0. The summed E-state index contributed by atoms with van der Waals surface area (Å²) in [5.41, 5.74) is -0.976. The molecule has 0 bridgehead atoms. The number of halogens is 3. The van der Waals surface area contributed by atoms with Crippen molar-refractivity contribution in [2.45, 2.75) is 44.3 Å². The zero-order valence-corrected chi connectivity index (χ0v) is 12.1. The SMILES string of the molecule is O=C1CC([B-](F)(F)F)C12CCCCC2.[K+]. The number of carbonyl (C=O) groups is 1. The van der Waals surface area contributed by atoms with Crippen molar-refractivity contribution < 1.29 is 69.1 Å². The monoisotopic (exact) mass is 244 g/mol. The fourth-order valence-corrected chi connectivity index (χ4v) is 3.00. The Balaban J connectivity index is 0.00000112. The minimum Gasteiger partial charge on any atom is -0.449 e. The molecule has 1 unspecified atom stereocenters. The van der Waals surface area contributed by atoms with Gasteiger partial charge in [0.2, 0.25) is 0 Å². The van der Waals surface area contributed by atoms with Crippen molar-refractivity contribution in [1.29, 1.82) is 0 Å². The number of carbonyl (C=O) groups excluding carboxylic acids is 1. The van der Waals surface area contributed by atoms with Crippen molar-refractivity contribution in [2.75, 3.05) is 0 Å². The van der Waals surface area contributed by atoms with Crippen molar-refractivity contribution in [3.05, 3.63) is 0 Å². The van der Waals surface area contributed by atoms with E-state index in [1.807, 2.05) is 0 Å². The van der Waals surface area contributed by atoms with Gasteiger partial charge in [0.05, 0.1) is 0 Å². The minimum atomic E-state index is -4.81. The molecule has 0 aromatic heterocycles. The van der Waals surface area contributed by atoms with Crippen LogP contribution in [0.4, 0.5) is 12.9 Å². The van der Waals surface area contributed by atoms with Gasteiger partial charge in [-0.1, -0.05) is 25.1 Å². The standard InChI is InChI=1S/C9H13BF3O.K/c11-10(12,13)7-6-8(14)9(7)4-2-1-3-5-9;/h7H,1-6H2;/q-1;+1. The topological polar surface area (TPSA) is 17.1 Å². The molecule has 0 N–H and O–H groups in total. The molecule has 2 aliphatic rings. The van der Waals surface area contributed by atoms with Gasteiger partial charge in [-0.2, -0.15) is 0 Å². The normalized spacial score (nSPS) is 29.5. The predicted molar refractivity (Wildman–Crippen MR) is 48.0 cm³/mol. The molecule has 0 saturated heterocycles. The second-order valence-corrected chi connectivity index (χ2v) is 4.58. The van der Waals surface area contributed by atoms with Crippen LogP contribution >= 0.6 is 0 Å². The molecule has 15 heavy (non-hydrogen) atoms. The first kappa shape index (κ1) is 14.2. The van der Waals surface area contributed by atoms with Crippen LogP contribution in [-0.4, -0.2) is 12.8 Å². The molecule has 1 spiro atoms. The Morgan fingerprint density at radius 1 is 1.13 bits per heavy atom. The first-order valence-electron chi connectivity index (χ1n) is 5.20. The van der Waals surface area contributed by atoms with E-state index in [-0.39, 0.29) is 63.6 Å². The Kier molecular flexibility index (Phi) is 4.55. The van der Waals surface area contributed by atoms with E-state index in [9.17, 15) is 17.7 Å². The molecular weight excluding hydrogens is 231 g/mol. The molecule has 2 fully saturated rings. The van der Waals surface area contributed by atoms with Gasteiger partial charge >= 0.3 is 58.4 Å². The van der Waals surface area contributed by atoms with Gasteiger partial charge in [0, 0.05) is 5.41 Å². The molecule has 1 nitrogen and oxygen atoms in total. The van der Waals surface area contributed by atoms with Gasteiger partial charge in [-0.3, -0.25) is 4.79 Å². The van der Waals surface area contributed by atoms with Gasteiger partial charge in [-0.25, -0.2) is 0 Å². The summed E-state index contributed by atoms with van der Waals surface area (Å²) < 4.78 is 37.8. The van der Waals surface area contributed by atoms with Gasteiger partial charge in [0.1, 0.15) is 5.78 Å². The summed E-state index contributed by atoms with van der Waals surface area (Å²) in [6, 6.07) is 0. The summed E-state index contributed by atoms with van der Waals surface area (Å²) in [4.78, 5) is 11.4. The Bertz CT molecular complexity index is 261. The molecule has 0 aliphatic heterocycles. The predicted octanol–water partition coefficient (Wildman–Crippen LogP) is 0.131. The van der Waals surface area contributed by atoms with Crippen molar-refractivity contribution in [3.8, 4) is 0 Å². The molecule has 0 radical (unpaired) electrons. The van der Waals surface area contributed by atoms with Crippen molar-refractivity contribution >= 4 is 12.8 Å². The van der Waals surface area contributed by atoms with Crippen LogP contribution < -0.4 is 51.4 Å². The summed E-state index contributed by atoms with van der Waals surface area (Å²) in [6.07, 6.45) is 3.24. The maximum atomic E-state index is 12.6. The van der Waals surface area contributed by atoms with Crippen LogP contribution in [0.1, 0.15) is 38.5 Å². The molecule has 2 saturated carbocycles. The fourth-order valence-electron chi connectivity index (χ4n) is 3.00. The van der Waals surface area contributed by atoms with Crippen molar-refractivity contribution in [3.63, 3.8) is 0 Å². The van der Waals surface area contributed by atoms with Gasteiger partial charge in [0.25, 0.3) is 0 Å². The first-order chi connectivity index (χ1) is 6.47. The van der Waals surface area contributed by atoms with E-state index in [4.69, 9.17) is 0 Å². The van der Waals surface area contributed by atoms with E-state index >= 15 is 0 Å². The Morgan fingerprint density at radius 3 is 2.07 bits per heavy atom. The number of ketones is 1. The molecule has 2 rings (SSSR count). The first-order valence-corrected chi connectivity index (χ1v) is 5.20. The van der Waals surface area contributed by atoms with Gasteiger partial charge in [-0.05, 0) is 19.3 Å². The zero-order chi connectivity index (χ0) is 10.4. The molecule has 80 valence electrons. The molecule has 1 atom stereocenters. The molecule has 0 aromatic rings. The number of Topliss-reactive ketones (excluding diaryl/α,β-unsaturated/α-hetero) is 1. The Labute approximate surface area is 130 Å². The molecule has 2 aliphatic carbocycles. The summed E-state index contributed by atoms with van der Waals surface area (Å²) in [5.74, 6) is -1.42. The van der Waals surface area contributed by atoms with E-state index in [2.05, 4.69) is 0 Å². The average Bonchev–Trinajstić information content (AvgIpc) is 2.14. The summed E-state index contributed by atoms with van der Waals surface area (Å²) in [6.45, 7) is -4.81. The van der Waals surface area contributed by atoms with Crippen molar-refractivity contribution in [1.82, 2.24) is 0 Å². The Hall–Kier alpha value is 1.16. The third-order valence-corrected chi connectivity index (χ3v) is 3.87. The van der Waals surface area contributed by atoms with E-state index in [1.165, 1.54) is 0 Å². The van der Waals surface area contributed by atoms with Crippen LogP contribution in [0.25, 0.3) is 0 Å². The van der Waals surface area contributed by atoms with Crippen LogP contribution in [0.5, 0.6) is 0 Å². The fraction of sp³-hybridized carbons (Fsp3) is 0.889. The van der Waals surface area contributed by atoms with Crippen molar-refractivity contribution in [2.24, 2.45) is 5.41 Å². The minimum absolute atomic E-state index is 0. The third-order valence-electron chi connectivity index (χ3n) is 3.87. The van der Waals surface area contributed by atoms with E-state index in [1.54, 1.807) is 0 Å². The molecule has 0 aromatic carbocycles.